The SMILES string of the molecule is Cn1cc2ccccc2c2c3ccccc3nc1-2.I. The standard InChI is InChI=1S/C16H12N2.HI/c1-18-10-11-6-2-3-7-12(11)15-13-8-4-5-9-14(13)17-16(15)18;/h2-10H,1H3;1H. The highest BCUT2D eigenvalue weighted by atomic mass is 127. The largest absolute Gasteiger partial charge is 0.335 e. The van der Waals surface area contributed by atoms with Crippen LogP contribution >= 0.6 is 24.0 Å². The van der Waals surface area contributed by atoms with Crippen molar-refractivity contribution in [3.8, 4) is 11.4 Å². The topological polar surface area (TPSA) is 17.8 Å². The molecule has 2 aliphatic rings. The zero-order chi connectivity index (χ0) is 12.1. The number of hydrogen-bond acceptors (Lipinski definition) is 1. The summed E-state index contributed by atoms with van der Waals surface area (Å²) in [6, 6.07) is 16.8. The molecule has 0 saturated carbocycles. The molecule has 0 radical (unpaired) electrons. The van der Waals surface area contributed by atoms with Gasteiger partial charge in [-0.2, -0.15) is 0 Å². The van der Waals surface area contributed by atoms with Crippen molar-refractivity contribution in [3.63, 3.8) is 0 Å². The van der Waals surface area contributed by atoms with Crippen LogP contribution in [0.5, 0.6) is 0 Å². The average Bonchev–Trinajstić information content (AvgIpc) is 2.79. The van der Waals surface area contributed by atoms with Crippen LogP contribution in [-0.4, -0.2) is 9.55 Å². The summed E-state index contributed by atoms with van der Waals surface area (Å²) in [5.41, 5.74) is 2.32. The van der Waals surface area contributed by atoms with Gasteiger partial charge in [-0.15, -0.1) is 24.0 Å². The fraction of sp³-hybridized carbons (Fsp3) is 0.0625. The van der Waals surface area contributed by atoms with Crippen LogP contribution in [0.1, 0.15) is 0 Å². The number of rotatable bonds is 0. The van der Waals surface area contributed by atoms with E-state index >= 15 is 0 Å². The van der Waals surface area contributed by atoms with Gasteiger partial charge in [0.25, 0.3) is 0 Å². The number of fused-ring (bicyclic) bond motifs is 5. The summed E-state index contributed by atoms with van der Waals surface area (Å²) in [4.78, 5) is 4.73. The van der Waals surface area contributed by atoms with E-state index in [2.05, 4.69) is 60.3 Å². The Kier molecular flexibility index (Phi) is 2.93. The molecule has 4 rings (SSSR count). The molecule has 0 bridgehead atoms. The first-order chi connectivity index (χ1) is 8.84. The molecule has 0 N–H and O–H groups in total. The van der Waals surface area contributed by atoms with Gasteiger partial charge >= 0.3 is 0 Å². The molecule has 0 amide bonds. The predicted octanol–water partition coefficient (Wildman–Crippen LogP) is 4.45. The highest BCUT2D eigenvalue weighted by Gasteiger charge is 2.16. The molecular weight excluding hydrogens is 347 g/mol. The third-order valence-electron chi connectivity index (χ3n) is 3.52. The van der Waals surface area contributed by atoms with Gasteiger partial charge in [0.05, 0.1) is 5.52 Å². The Hall–Kier alpha value is -1.62. The van der Waals surface area contributed by atoms with Crippen LogP contribution in [0.2, 0.25) is 0 Å². The lowest BCUT2D eigenvalue weighted by Crippen LogP contribution is -1.97. The van der Waals surface area contributed by atoms with E-state index in [1.165, 1.54) is 21.7 Å². The van der Waals surface area contributed by atoms with Crippen molar-refractivity contribution < 1.29 is 0 Å². The van der Waals surface area contributed by atoms with Gasteiger partial charge in [0.2, 0.25) is 0 Å². The molecule has 0 fully saturated rings. The Balaban J connectivity index is 0.00000110. The molecule has 2 aliphatic heterocycles. The molecule has 2 aromatic carbocycles. The first kappa shape index (κ1) is 12.4. The Labute approximate surface area is 128 Å². The van der Waals surface area contributed by atoms with Crippen molar-refractivity contribution in [1.82, 2.24) is 9.55 Å². The Morgan fingerprint density at radius 2 is 1.58 bits per heavy atom. The van der Waals surface area contributed by atoms with E-state index in [-0.39, 0.29) is 24.0 Å². The van der Waals surface area contributed by atoms with Crippen LogP contribution < -0.4 is 0 Å². The molecule has 2 heterocycles. The summed E-state index contributed by atoms with van der Waals surface area (Å²) in [5.74, 6) is 1.05. The predicted molar refractivity (Wildman–Crippen MR) is 90.3 cm³/mol. The van der Waals surface area contributed by atoms with Crippen molar-refractivity contribution in [2.24, 2.45) is 7.05 Å². The third kappa shape index (κ3) is 1.72. The van der Waals surface area contributed by atoms with Crippen LogP contribution in [0, 0.1) is 0 Å². The number of para-hydroxylation sites is 1. The molecule has 0 unspecified atom stereocenters. The minimum Gasteiger partial charge on any atom is -0.335 e. The Bertz CT molecular complexity index is 848. The van der Waals surface area contributed by atoms with E-state index in [0.717, 1.165) is 11.3 Å². The highest BCUT2D eigenvalue weighted by Crippen LogP contribution is 2.36. The highest BCUT2D eigenvalue weighted by molar-refractivity contribution is 14.0. The number of pyridine rings is 1. The summed E-state index contributed by atoms with van der Waals surface area (Å²) in [5, 5.41) is 3.77. The molecule has 2 nitrogen and oxygen atoms in total. The maximum absolute atomic E-state index is 4.73. The molecule has 0 atom stereocenters. The number of hydrogen-bond donors (Lipinski definition) is 0. The van der Waals surface area contributed by atoms with Gasteiger partial charge in [0.1, 0.15) is 5.82 Å². The van der Waals surface area contributed by atoms with E-state index in [0.29, 0.717) is 0 Å². The van der Waals surface area contributed by atoms with Crippen molar-refractivity contribution in [2.75, 3.05) is 0 Å². The molecule has 3 heteroatoms. The fourth-order valence-corrected chi connectivity index (χ4v) is 2.70. The molecule has 0 saturated heterocycles. The van der Waals surface area contributed by atoms with Gasteiger partial charge in [0.15, 0.2) is 0 Å². The second kappa shape index (κ2) is 4.49. The van der Waals surface area contributed by atoms with Crippen LogP contribution in [0.25, 0.3) is 33.1 Å². The molecule has 94 valence electrons. The zero-order valence-electron chi connectivity index (χ0n) is 10.5. The van der Waals surface area contributed by atoms with Crippen molar-refractivity contribution in [3.05, 3.63) is 54.7 Å². The lowest BCUT2D eigenvalue weighted by atomic mass is 10.0. The van der Waals surface area contributed by atoms with E-state index in [9.17, 15) is 0 Å². The summed E-state index contributed by atoms with van der Waals surface area (Å²) < 4.78 is 2.11. The molecule has 2 aromatic rings. The normalized spacial score (nSPS) is 11.0. The van der Waals surface area contributed by atoms with E-state index in [1.54, 1.807) is 0 Å². The molecular formula is C16H13IN2. The Morgan fingerprint density at radius 3 is 2.42 bits per heavy atom. The maximum atomic E-state index is 4.73. The van der Waals surface area contributed by atoms with Gasteiger partial charge in [-0.1, -0.05) is 42.5 Å². The van der Waals surface area contributed by atoms with Gasteiger partial charge in [-0.3, -0.25) is 0 Å². The minimum atomic E-state index is 0. The smallest absolute Gasteiger partial charge is 0.141 e. The van der Waals surface area contributed by atoms with Crippen molar-refractivity contribution in [2.45, 2.75) is 0 Å². The first-order valence-corrected chi connectivity index (χ1v) is 6.07. The quantitative estimate of drug-likeness (QED) is 0.424. The number of aromatic nitrogens is 2. The van der Waals surface area contributed by atoms with Crippen molar-refractivity contribution >= 4 is 45.7 Å². The summed E-state index contributed by atoms with van der Waals surface area (Å²) in [6.45, 7) is 0. The summed E-state index contributed by atoms with van der Waals surface area (Å²) >= 11 is 0. The summed E-state index contributed by atoms with van der Waals surface area (Å²) in [6.07, 6.45) is 2.14. The van der Waals surface area contributed by atoms with E-state index < -0.39 is 0 Å². The minimum absolute atomic E-state index is 0. The molecule has 0 spiro atoms. The van der Waals surface area contributed by atoms with Gasteiger partial charge in [-0.25, -0.2) is 4.98 Å². The number of halogens is 1. The van der Waals surface area contributed by atoms with Crippen LogP contribution in [0.4, 0.5) is 0 Å². The zero-order valence-corrected chi connectivity index (χ0v) is 12.8. The van der Waals surface area contributed by atoms with E-state index in [1.807, 2.05) is 6.07 Å². The average molecular weight is 360 g/mol. The monoisotopic (exact) mass is 360 g/mol. The second-order valence-corrected chi connectivity index (χ2v) is 4.65. The van der Waals surface area contributed by atoms with Crippen LogP contribution in [-0.2, 0) is 7.05 Å². The molecule has 19 heavy (non-hydrogen) atoms. The lowest BCUT2D eigenvalue weighted by molar-refractivity contribution is 0.903. The third-order valence-corrected chi connectivity index (χ3v) is 3.52. The van der Waals surface area contributed by atoms with Gasteiger partial charge in [0, 0.05) is 24.2 Å². The lowest BCUT2D eigenvalue weighted by Gasteiger charge is -2.10. The Morgan fingerprint density at radius 1 is 0.895 bits per heavy atom. The number of nitrogens with zero attached hydrogens (tertiary/aromatic N) is 2. The maximum Gasteiger partial charge on any atom is 0.141 e. The molecule has 0 aromatic heterocycles. The second-order valence-electron chi connectivity index (χ2n) is 4.65. The first-order valence-electron chi connectivity index (χ1n) is 6.07. The van der Waals surface area contributed by atoms with E-state index in [4.69, 9.17) is 4.98 Å². The fourth-order valence-electron chi connectivity index (χ4n) is 2.70. The number of benzene rings is 2. The summed E-state index contributed by atoms with van der Waals surface area (Å²) in [7, 11) is 2.06. The molecule has 0 aliphatic carbocycles. The van der Waals surface area contributed by atoms with Gasteiger partial charge in [-0.05, 0) is 16.8 Å². The van der Waals surface area contributed by atoms with Crippen LogP contribution in [0.15, 0.2) is 54.7 Å². The number of aryl methyl sites for hydroxylation is 1. The van der Waals surface area contributed by atoms with Crippen molar-refractivity contribution in [1.29, 1.82) is 0 Å². The van der Waals surface area contributed by atoms with Crippen LogP contribution in [0.3, 0.4) is 0 Å². The van der Waals surface area contributed by atoms with Gasteiger partial charge < -0.3 is 4.57 Å².